The third-order valence-electron chi connectivity index (χ3n) is 6.26. The first-order chi connectivity index (χ1) is 18.2. The topological polar surface area (TPSA) is 147 Å². The number of halogens is 2. The van der Waals surface area contributed by atoms with Gasteiger partial charge in [-0.15, -0.1) is 0 Å². The maximum absolute atomic E-state index is 14.9. The number of piperidine rings is 2. The minimum Gasteiger partial charge on any atom is -0.477 e. The van der Waals surface area contributed by atoms with Crippen molar-refractivity contribution in [3.8, 4) is 11.8 Å². The molecule has 2 aromatic rings. The summed E-state index contributed by atoms with van der Waals surface area (Å²) in [7, 11) is 1.28. The summed E-state index contributed by atoms with van der Waals surface area (Å²) in [6, 6.07) is -0.891. The molecule has 2 fully saturated rings. The highest BCUT2D eigenvalue weighted by molar-refractivity contribution is 5.88. The molecule has 0 saturated carbocycles. The Bertz CT molecular complexity index is 1100. The van der Waals surface area contributed by atoms with Gasteiger partial charge < -0.3 is 29.9 Å². The molecule has 0 spiro atoms. The molecule has 38 heavy (non-hydrogen) atoms. The van der Waals surface area contributed by atoms with E-state index >= 15 is 0 Å². The second-order valence-electron chi connectivity index (χ2n) is 8.96. The van der Waals surface area contributed by atoms with Gasteiger partial charge in [0, 0.05) is 51.4 Å². The minimum absolute atomic E-state index is 0.00896. The highest BCUT2D eigenvalue weighted by Crippen LogP contribution is 2.33. The van der Waals surface area contributed by atoms with Gasteiger partial charge in [0.25, 0.3) is 5.92 Å². The number of carbonyl (C=O) groups is 2. The molecule has 2 saturated heterocycles. The van der Waals surface area contributed by atoms with Crippen molar-refractivity contribution in [1.29, 1.82) is 0 Å². The fourth-order valence-electron chi connectivity index (χ4n) is 4.22. The monoisotopic (exact) mass is 535 g/mol. The standard InChI is InChI=1S/C23H31F2N9O4/c1-3-37-19-13-28-17(12-29-19)31-21(35)33(2)16-14-34(10-7-23(16,24)25)20-27-9-6-18(32-20)38-22(36)30-15-5-4-8-26-11-15/h6,9,12-13,15-16,26H,3-5,7-8,10-11,14H2,1-2H3,(H,30,36)(H,28,31,35)/t15-,16+/m1/s1. The molecule has 13 nitrogen and oxygen atoms in total. The lowest BCUT2D eigenvalue weighted by molar-refractivity contribution is -0.0760. The number of likely N-dealkylation sites (N-methyl/N-ethyl adjacent to an activating group) is 1. The molecule has 0 bridgehead atoms. The number of ether oxygens (including phenoxy) is 2. The van der Waals surface area contributed by atoms with Crippen LogP contribution < -0.4 is 30.3 Å². The van der Waals surface area contributed by atoms with E-state index in [9.17, 15) is 18.4 Å². The van der Waals surface area contributed by atoms with Crippen molar-refractivity contribution in [3.63, 3.8) is 0 Å². The van der Waals surface area contributed by atoms with E-state index in [1.165, 1.54) is 36.6 Å². The molecule has 2 aliphatic heterocycles. The normalized spacial score (nSPS) is 20.8. The van der Waals surface area contributed by atoms with E-state index < -0.39 is 30.5 Å². The molecule has 0 unspecified atom stereocenters. The Kier molecular flexibility index (Phi) is 8.66. The molecule has 0 aromatic carbocycles. The van der Waals surface area contributed by atoms with E-state index in [4.69, 9.17) is 9.47 Å². The Morgan fingerprint density at radius 2 is 2.11 bits per heavy atom. The molecule has 4 heterocycles. The van der Waals surface area contributed by atoms with Crippen LogP contribution in [0, 0.1) is 0 Å². The summed E-state index contributed by atoms with van der Waals surface area (Å²) in [6.45, 7) is 3.47. The lowest BCUT2D eigenvalue weighted by Gasteiger charge is -2.42. The number of nitrogens with one attached hydrogen (secondary N) is 3. The van der Waals surface area contributed by atoms with Crippen LogP contribution in [-0.2, 0) is 0 Å². The van der Waals surface area contributed by atoms with Crippen molar-refractivity contribution in [1.82, 2.24) is 35.5 Å². The summed E-state index contributed by atoms with van der Waals surface area (Å²) in [5.74, 6) is -2.68. The Balaban J connectivity index is 1.39. The molecule has 15 heteroatoms. The zero-order valence-electron chi connectivity index (χ0n) is 21.2. The number of amides is 3. The zero-order chi connectivity index (χ0) is 27.1. The summed E-state index contributed by atoms with van der Waals surface area (Å²) in [4.78, 5) is 43.9. The van der Waals surface area contributed by atoms with Gasteiger partial charge in [0.05, 0.1) is 19.0 Å². The number of hydrogen-bond acceptors (Lipinski definition) is 10. The van der Waals surface area contributed by atoms with Gasteiger partial charge in [0.1, 0.15) is 6.04 Å². The lowest BCUT2D eigenvalue weighted by Crippen LogP contribution is -2.60. The molecule has 2 atom stereocenters. The summed E-state index contributed by atoms with van der Waals surface area (Å²) >= 11 is 0. The number of nitrogens with zero attached hydrogens (tertiary/aromatic N) is 6. The highest BCUT2D eigenvalue weighted by Gasteiger charge is 2.48. The largest absolute Gasteiger partial charge is 0.477 e. The minimum atomic E-state index is -3.16. The number of hydrogen-bond donors (Lipinski definition) is 3. The molecule has 206 valence electrons. The SMILES string of the molecule is CCOc1cnc(NC(=O)N(C)[C@H]2CN(c3nccc(OC(=O)N[C@@H]4CCCNC4)n3)CCC2(F)F)cn1. The summed E-state index contributed by atoms with van der Waals surface area (Å²) in [5, 5.41) is 8.44. The van der Waals surface area contributed by atoms with Crippen LogP contribution >= 0.6 is 0 Å². The third-order valence-corrected chi connectivity index (χ3v) is 6.26. The van der Waals surface area contributed by atoms with Crippen molar-refractivity contribution in [3.05, 3.63) is 24.7 Å². The maximum atomic E-state index is 14.9. The smallest absolute Gasteiger partial charge is 0.414 e. The van der Waals surface area contributed by atoms with Crippen molar-refractivity contribution < 1.29 is 27.8 Å². The van der Waals surface area contributed by atoms with E-state index in [2.05, 4.69) is 35.9 Å². The Hall–Kier alpha value is -3.88. The Morgan fingerprint density at radius 3 is 2.82 bits per heavy atom. The quantitative estimate of drug-likeness (QED) is 0.480. The van der Waals surface area contributed by atoms with Crippen LogP contribution in [0.5, 0.6) is 11.8 Å². The second-order valence-corrected chi connectivity index (χ2v) is 8.96. The Morgan fingerprint density at radius 1 is 1.26 bits per heavy atom. The van der Waals surface area contributed by atoms with Gasteiger partial charge >= 0.3 is 12.1 Å². The predicted octanol–water partition coefficient (Wildman–Crippen LogP) is 1.88. The van der Waals surface area contributed by atoms with Gasteiger partial charge in [-0.1, -0.05) is 0 Å². The van der Waals surface area contributed by atoms with Gasteiger partial charge in [0.2, 0.25) is 17.7 Å². The number of anilines is 2. The van der Waals surface area contributed by atoms with Gasteiger partial charge in [-0.2, -0.15) is 4.98 Å². The fraction of sp³-hybridized carbons (Fsp3) is 0.565. The first-order valence-electron chi connectivity index (χ1n) is 12.4. The van der Waals surface area contributed by atoms with E-state index in [0.29, 0.717) is 13.2 Å². The van der Waals surface area contributed by atoms with Crippen LogP contribution in [0.25, 0.3) is 0 Å². The zero-order valence-corrected chi connectivity index (χ0v) is 21.2. The highest BCUT2D eigenvalue weighted by atomic mass is 19.3. The second kappa shape index (κ2) is 12.1. The van der Waals surface area contributed by atoms with Gasteiger partial charge in [0.15, 0.2) is 5.82 Å². The van der Waals surface area contributed by atoms with Crippen LogP contribution in [0.4, 0.5) is 30.1 Å². The number of urea groups is 1. The van der Waals surface area contributed by atoms with E-state index in [0.717, 1.165) is 24.3 Å². The molecule has 4 rings (SSSR count). The number of carbonyl (C=O) groups excluding carboxylic acids is 2. The van der Waals surface area contributed by atoms with E-state index in [1.807, 2.05) is 0 Å². The van der Waals surface area contributed by atoms with Crippen molar-refractivity contribution in [2.24, 2.45) is 0 Å². The first-order valence-corrected chi connectivity index (χ1v) is 12.4. The number of aromatic nitrogens is 4. The van der Waals surface area contributed by atoms with E-state index in [-0.39, 0.29) is 42.7 Å². The van der Waals surface area contributed by atoms with Crippen LogP contribution in [-0.4, -0.2) is 94.8 Å². The average Bonchev–Trinajstić information content (AvgIpc) is 2.90. The van der Waals surface area contributed by atoms with Gasteiger partial charge in [-0.25, -0.2) is 33.3 Å². The predicted molar refractivity (Wildman–Crippen MR) is 133 cm³/mol. The molecule has 0 radical (unpaired) electrons. The third kappa shape index (κ3) is 6.90. The van der Waals surface area contributed by atoms with Crippen LogP contribution in [0.15, 0.2) is 24.7 Å². The number of alkyl halides is 2. The molecule has 2 aromatic heterocycles. The van der Waals surface area contributed by atoms with Crippen LogP contribution in [0.1, 0.15) is 26.2 Å². The van der Waals surface area contributed by atoms with E-state index in [1.54, 1.807) is 6.92 Å². The van der Waals surface area contributed by atoms with Crippen molar-refractivity contribution in [2.75, 3.05) is 50.1 Å². The molecule has 3 N–H and O–H groups in total. The summed E-state index contributed by atoms with van der Waals surface area (Å²) in [6.07, 6.45) is 4.60. The molecular formula is C23H31F2N9O4. The average molecular weight is 536 g/mol. The fourth-order valence-corrected chi connectivity index (χ4v) is 4.22. The first kappa shape index (κ1) is 27.2. The maximum Gasteiger partial charge on any atom is 0.414 e. The van der Waals surface area contributed by atoms with Crippen LogP contribution in [0.2, 0.25) is 0 Å². The molecule has 0 aliphatic carbocycles. The van der Waals surface area contributed by atoms with Crippen molar-refractivity contribution in [2.45, 2.75) is 44.2 Å². The van der Waals surface area contributed by atoms with Gasteiger partial charge in [-0.3, -0.25) is 5.32 Å². The molecule has 2 aliphatic rings. The van der Waals surface area contributed by atoms with Gasteiger partial charge in [-0.05, 0) is 26.3 Å². The van der Waals surface area contributed by atoms with Crippen molar-refractivity contribution >= 4 is 23.9 Å². The lowest BCUT2D eigenvalue weighted by atomic mass is 10.00. The Labute approximate surface area is 218 Å². The molecular weight excluding hydrogens is 504 g/mol. The molecule has 3 amide bonds. The summed E-state index contributed by atoms with van der Waals surface area (Å²) < 4.78 is 40.3. The number of rotatable bonds is 7. The summed E-state index contributed by atoms with van der Waals surface area (Å²) in [5.41, 5.74) is 0. The van der Waals surface area contributed by atoms with Crippen LogP contribution in [0.3, 0.4) is 0 Å².